The van der Waals surface area contributed by atoms with Crippen LogP contribution in [0.1, 0.15) is 258 Å². The molecule has 0 aromatic rings. The highest BCUT2D eigenvalue weighted by Gasteiger charge is 2.25. The number of allylic oxidation sites excluding steroid dienone is 4. The maximum Gasteiger partial charge on any atom is 0.472 e. The van der Waals surface area contributed by atoms with Gasteiger partial charge in [0.1, 0.15) is 6.61 Å². The summed E-state index contributed by atoms with van der Waals surface area (Å²) in [5.74, 6) is -0.793. The molecule has 348 valence electrons. The van der Waals surface area contributed by atoms with Gasteiger partial charge in [-0.3, -0.25) is 18.6 Å². The summed E-state index contributed by atoms with van der Waals surface area (Å²) in [7, 11) is -4.28. The zero-order valence-corrected chi connectivity index (χ0v) is 39.8. The molecule has 59 heavy (non-hydrogen) atoms. The highest BCUT2D eigenvalue weighted by atomic mass is 31.2. The number of phosphoric ester groups is 1. The van der Waals surface area contributed by atoms with Crippen molar-refractivity contribution in [2.45, 2.75) is 264 Å². The van der Waals surface area contributed by atoms with Crippen LogP contribution in [0.4, 0.5) is 0 Å². The van der Waals surface area contributed by atoms with Crippen LogP contribution in [0, 0.1) is 0 Å². The predicted molar refractivity (Wildman–Crippen MR) is 249 cm³/mol. The molecule has 0 fully saturated rings. The summed E-state index contributed by atoms with van der Waals surface area (Å²) in [6.07, 6.45) is 52.4. The van der Waals surface area contributed by atoms with E-state index in [9.17, 15) is 19.0 Å². The minimum absolute atomic E-state index is 0.000940. The average Bonchev–Trinajstić information content (AvgIpc) is 3.22. The molecular formula is C50H95O8P. The number of esters is 2. The largest absolute Gasteiger partial charge is 0.472 e. The lowest BCUT2D eigenvalue weighted by molar-refractivity contribution is -0.161. The summed E-state index contributed by atoms with van der Waals surface area (Å²) in [6.45, 7) is 5.50. The number of phosphoric acid groups is 1. The Hall–Kier alpha value is -1.47. The molecule has 0 rings (SSSR count). The second kappa shape index (κ2) is 46.0. The third-order valence-corrected chi connectivity index (χ3v) is 12.1. The van der Waals surface area contributed by atoms with E-state index in [1.54, 1.807) is 6.92 Å². The zero-order chi connectivity index (χ0) is 43.2. The molecule has 0 saturated heterocycles. The van der Waals surface area contributed by atoms with Crippen molar-refractivity contribution < 1.29 is 37.6 Å². The van der Waals surface area contributed by atoms with Gasteiger partial charge in [0.15, 0.2) is 6.10 Å². The summed E-state index contributed by atoms with van der Waals surface area (Å²) in [5, 5.41) is 0. The third-order valence-electron chi connectivity index (χ3n) is 11.0. The molecule has 0 saturated carbocycles. The van der Waals surface area contributed by atoms with Crippen molar-refractivity contribution >= 4 is 19.8 Å². The van der Waals surface area contributed by atoms with Crippen molar-refractivity contribution in [1.82, 2.24) is 0 Å². The Bertz CT molecular complexity index is 1010. The number of carbonyl (C=O) groups excluding carboxylic acids is 2. The number of hydrogen-bond acceptors (Lipinski definition) is 7. The van der Waals surface area contributed by atoms with Crippen LogP contribution in [0.25, 0.3) is 0 Å². The van der Waals surface area contributed by atoms with Gasteiger partial charge in [0.25, 0.3) is 0 Å². The maximum absolute atomic E-state index is 12.6. The lowest BCUT2D eigenvalue weighted by Crippen LogP contribution is -2.29. The average molecular weight is 855 g/mol. The Labute approximate surface area is 364 Å². The molecular weight excluding hydrogens is 760 g/mol. The number of ether oxygens (including phenoxy) is 2. The smallest absolute Gasteiger partial charge is 0.462 e. The first-order valence-electron chi connectivity index (χ1n) is 25.1. The molecule has 1 N–H and O–H groups in total. The van der Waals surface area contributed by atoms with Crippen LogP contribution in [0.15, 0.2) is 24.3 Å². The molecule has 9 heteroatoms. The van der Waals surface area contributed by atoms with Gasteiger partial charge in [0.05, 0.1) is 13.2 Å². The molecule has 0 aliphatic carbocycles. The van der Waals surface area contributed by atoms with E-state index in [-0.39, 0.29) is 25.6 Å². The van der Waals surface area contributed by atoms with Crippen molar-refractivity contribution in [1.29, 1.82) is 0 Å². The Kier molecular flexibility index (Phi) is 44.9. The van der Waals surface area contributed by atoms with Crippen LogP contribution in [-0.4, -0.2) is 42.8 Å². The summed E-state index contributed by atoms with van der Waals surface area (Å²) in [4.78, 5) is 34.9. The molecule has 0 amide bonds. The molecule has 2 unspecified atom stereocenters. The molecule has 2 atom stereocenters. The molecule has 0 bridgehead atoms. The first-order valence-corrected chi connectivity index (χ1v) is 26.6. The molecule has 8 nitrogen and oxygen atoms in total. The number of unbranched alkanes of at least 4 members (excludes halogenated alkanes) is 31. The van der Waals surface area contributed by atoms with Crippen molar-refractivity contribution in [3.63, 3.8) is 0 Å². The van der Waals surface area contributed by atoms with Crippen LogP contribution in [0.3, 0.4) is 0 Å². The third kappa shape index (κ3) is 45.9. The topological polar surface area (TPSA) is 108 Å². The fraction of sp³-hybridized carbons (Fsp3) is 0.880. The number of carbonyl (C=O) groups is 2. The van der Waals surface area contributed by atoms with E-state index in [4.69, 9.17) is 18.5 Å². The van der Waals surface area contributed by atoms with Crippen molar-refractivity contribution in [3.05, 3.63) is 24.3 Å². The van der Waals surface area contributed by atoms with E-state index in [2.05, 4.69) is 38.2 Å². The number of rotatable bonds is 47. The van der Waals surface area contributed by atoms with Gasteiger partial charge in [-0.25, -0.2) is 4.57 Å². The Morgan fingerprint density at radius 3 is 1.22 bits per heavy atom. The number of hydrogen-bond donors (Lipinski definition) is 1. The van der Waals surface area contributed by atoms with Gasteiger partial charge >= 0.3 is 19.8 Å². The van der Waals surface area contributed by atoms with Crippen molar-refractivity contribution in [2.75, 3.05) is 19.8 Å². The summed E-state index contributed by atoms with van der Waals surface area (Å²) in [6, 6.07) is 0. The van der Waals surface area contributed by atoms with Gasteiger partial charge < -0.3 is 14.4 Å². The van der Waals surface area contributed by atoms with Crippen LogP contribution < -0.4 is 0 Å². The molecule has 0 spiro atoms. The van der Waals surface area contributed by atoms with E-state index in [1.165, 1.54) is 167 Å². The van der Waals surface area contributed by atoms with Crippen LogP contribution in [0.2, 0.25) is 0 Å². The quantitative estimate of drug-likeness (QED) is 0.0279. The standard InChI is InChI=1S/C50H95O8P/c1-4-7-9-11-13-15-17-19-21-23-25-26-27-29-30-32-34-36-38-40-42-44-49(51)55-46-48(47-57-59(53,54)56-6-3)58-50(52)45-43-41-39-37-35-33-31-28-24-22-20-18-16-14-12-10-8-5-2/h16,18,22,24,48H,4-15,17,19-21,23,25-47H2,1-3H3,(H,53,54)/b18-16-,24-22-. The highest BCUT2D eigenvalue weighted by Crippen LogP contribution is 2.43. The SMILES string of the molecule is CCCCCC/C=C\C/C=C\CCCCCCCCCC(=O)OC(COC(=O)CCCCCCCCCCCCCCCCCCCCCCC)COP(=O)(O)OCC. The lowest BCUT2D eigenvalue weighted by atomic mass is 10.0. The van der Waals surface area contributed by atoms with Crippen LogP contribution in [0.5, 0.6) is 0 Å². The summed E-state index contributed by atoms with van der Waals surface area (Å²) in [5.41, 5.74) is 0. The molecule has 0 aromatic heterocycles. The van der Waals surface area contributed by atoms with Crippen LogP contribution >= 0.6 is 7.82 Å². The van der Waals surface area contributed by atoms with Gasteiger partial charge in [0.2, 0.25) is 0 Å². The Morgan fingerprint density at radius 1 is 0.458 bits per heavy atom. The maximum atomic E-state index is 12.6. The van der Waals surface area contributed by atoms with Crippen molar-refractivity contribution in [3.8, 4) is 0 Å². The fourth-order valence-electron chi connectivity index (χ4n) is 7.31. The fourth-order valence-corrected chi connectivity index (χ4v) is 8.06. The normalized spacial score (nSPS) is 13.4. The van der Waals surface area contributed by atoms with Crippen molar-refractivity contribution in [2.24, 2.45) is 0 Å². The summed E-state index contributed by atoms with van der Waals surface area (Å²) < 4.78 is 32.8. The highest BCUT2D eigenvalue weighted by molar-refractivity contribution is 7.47. The first kappa shape index (κ1) is 57.5. The van der Waals surface area contributed by atoms with E-state index in [0.717, 1.165) is 51.4 Å². The van der Waals surface area contributed by atoms with Gasteiger partial charge in [-0.2, -0.15) is 0 Å². The zero-order valence-electron chi connectivity index (χ0n) is 38.9. The minimum atomic E-state index is -4.28. The predicted octanol–water partition coefficient (Wildman–Crippen LogP) is 16.2. The molecule has 0 radical (unpaired) electrons. The van der Waals surface area contributed by atoms with Gasteiger partial charge in [-0.05, 0) is 51.9 Å². The van der Waals surface area contributed by atoms with E-state index in [1.807, 2.05) is 0 Å². The summed E-state index contributed by atoms with van der Waals surface area (Å²) >= 11 is 0. The van der Waals surface area contributed by atoms with E-state index < -0.39 is 26.5 Å². The minimum Gasteiger partial charge on any atom is -0.462 e. The molecule has 0 aliphatic rings. The van der Waals surface area contributed by atoms with Gasteiger partial charge in [0, 0.05) is 12.8 Å². The van der Waals surface area contributed by atoms with Gasteiger partial charge in [-0.1, -0.05) is 218 Å². The van der Waals surface area contributed by atoms with Gasteiger partial charge in [-0.15, -0.1) is 0 Å². The second-order valence-electron chi connectivity index (χ2n) is 16.8. The Balaban J connectivity index is 3.97. The Morgan fingerprint density at radius 2 is 0.814 bits per heavy atom. The van der Waals surface area contributed by atoms with E-state index >= 15 is 0 Å². The molecule has 0 aliphatic heterocycles. The second-order valence-corrected chi connectivity index (χ2v) is 18.3. The van der Waals surface area contributed by atoms with Crippen LogP contribution in [-0.2, 0) is 32.7 Å². The first-order chi connectivity index (χ1) is 28.8. The molecule has 0 aromatic carbocycles. The van der Waals surface area contributed by atoms with E-state index in [0.29, 0.717) is 12.8 Å². The monoisotopic (exact) mass is 855 g/mol. The lowest BCUT2D eigenvalue weighted by Gasteiger charge is -2.19. The molecule has 0 heterocycles.